The first-order valence-corrected chi connectivity index (χ1v) is 5.15. The molecule has 0 spiro atoms. The molecule has 1 rings (SSSR count). The molecule has 0 atom stereocenters. The number of hydrogen-bond acceptors (Lipinski definition) is 5. The van der Waals surface area contributed by atoms with Crippen LogP contribution in [0.15, 0.2) is 5.11 Å². The van der Waals surface area contributed by atoms with Gasteiger partial charge in [0.15, 0.2) is 0 Å². The maximum absolute atomic E-state index is 10.7. The van der Waals surface area contributed by atoms with Crippen LogP contribution in [0.3, 0.4) is 0 Å². The summed E-state index contributed by atoms with van der Waals surface area (Å²) in [6.45, 7) is 1.87. The number of aryl methyl sites for hydroxylation is 1. The van der Waals surface area contributed by atoms with Crippen LogP contribution in [0.1, 0.15) is 18.4 Å². The van der Waals surface area contributed by atoms with E-state index in [1.165, 1.54) is 18.3 Å². The smallest absolute Gasteiger partial charge is 0.223 e. The summed E-state index contributed by atoms with van der Waals surface area (Å²) in [4.78, 5) is 13.3. The molecule has 1 aromatic heterocycles. The van der Waals surface area contributed by atoms with E-state index in [0.717, 1.165) is 11.4 Å². The summed E-state index contributed by atoms with van der Waals surface area (Å²) in [5.41, 5.74) is 8.05. The number of rotatable bonds is 5. The first-order chi connectivity index (χ1) is 7.22. The van der Waals surface area contributed by atoms with Gasteiger partial charge in [0.1, 0.15) is 5.01 Å². The van der Waals surface area contributed by atoms with Crippen molar-refractivity contribution in [2.75, 3.05) is 11.9 Å². The Balaban J connectivity index is 2.39. The highest BCUT2D eigenvalue weighted by Crippen LogP contribution is 2.16. The van der Waals surface area contributed by atoms with Crippen LogP contribution in [-0.2, 0) is 11.2 Å². The van der Waals surface area contributed by atoms with E-state index in [1.807, 2.05) is 0 Å². The van der Waals surface area contributed by atoms with Gasteiger partial charge in [0.25, 0.3) is 0 Å². The molecule has 0 unspecified atom stereocenters. The molecule has 15 heavy (non-hydrogen) atoms. The number of hydrogen-bond donors (Lipinski definition) is 1. The summed E-state index contributed by atoms with van der Waals surface area (Å²) < 4.78 is 0. The Hall–Kier alpha value is -1.66. The molecule has 0 fully saturated rings. The minimum absolute atomic E-state index is 0.160. The first-order valence-electron chi connectivity index (χ1n) is 4.33. The molecular formula is C7H10N6OS. The van der Waals surface area contributed by atoms with E-state index in [9.17, 15) is 4.79 Å². The second kappa shape index (κ2) is 5.94. The van der Waals surface area contributed by atoms with Crippen LogP contribution in [0.4, 0.5) is 5.13 Å². The van der Waals surface area contributed by atoms with E-state index in [4.69, 9.17) is 5.53 Å². The van der Waals surface area contributed by atoms with Gasteiger partial charge >= 0.3 is 0 Å². The molecule has 1 amide bonds. The van der Waals surface area contributed by atoms with Gasteiger partial charge < -0.3 is 5.32 Å². The minimum Gasteiger partial charge on any atom is -0.301 e. The lowest BCUT2D eigenvalue weighted by molar-refractivity contribution is -0.114. The number of nitrogens with one attached hydrogen (secondary N) is 1. The highest BCUT2D eigenvalue weighted by atomic mass is 32.1. The monoisotopic (exact) mass is 226 g/mol. The molecule has 0 bridgehead atoms. The molecule has 80 valence electrons. The topological polar surface area (TPSA) is 104 Å². The fourth-order valence-electron chi connectivity index (χ4n) is 0.901. The summed E-state index contributed by atoms with van der Waals surface area (Å²) in [5.74, 6) is -0.160. The molecule has 0 aromatic carbocycles. The number of nitrogens with zero attached hydrogens (tertiary/aromatic N) is 5. The average Bonchev–Trinajstić information content (AvgIpc) is 2.59. The number of anilines is 1. The molecule has 0 saturated heterocycles. The third-order valence-electron chi connectivity index (χ3n) is 1.46. The van der Waals surface area contributed by atoms with Gasteiger partial charge in [0.05, 0.1) is 0 Å². The Bertz CT molecular complexity index is 383. The largest absolute Gasteiger partial charge is 0.301 e. The molecule has 0 aliphatic carbocycles. The van der Waals surface area contributed by atoms with E-state index < -0.39 is 0 Å². The van der Waals surface area contributed by atoms with Crippen molar-refractivity contribution in [3.63, 3.8) is 0 Å². The highest BCUT2D eigenvalue weighted by Gasteiger charge is 2.04. The van der Waals surface area contributed by atoms with Crippen LogP contribution < -0.4 is 5.32 Å². The average molecular weight is 226 g/mol. The van der Waals surface area contributed by atoms with Crippen molar-refractivity contribution < 1.29 is 4.79 Å². The molecular weight excluding hydrogens is 216 g/mol. The second-order valence-corrected chi connectivity index (χ2v) is 3.80. The molecule has 1 N–H and O–H groups in total. The van der Waals surface area contributed by atoms with Gasteiger partial charge in [-0.05, 0) is 12.0 Å². The fraction of sp³-hybridized carbons (Fsp3) is 0.571. The van der Waals surface area contributed by atoms with Crippen LogP contribution in [0.5, 0.6) is 0 Å². The lowest BCUT2D eigenvalue weighted by Gasteiger charge is -1.91. The van der Waals surface area contributed by atoms with Crippen molar-refractivity contribution in [2.45, 2.75) is 19.8 Å². The lowest BCUT2D eigenvalue weighted by atomic mass is 10.3. The number of amides is 1. The van der Waals surface area contributed by atoms with E-state index >= 15 is 0 Å². The number of carbonyl (C=O) groups excluding carboxylic acids is 1. The van der Waals surface area contributed by atoms with E-state index in [1.54, 1.807) is 0 Å². The standard InChI is InChI=1S/C7H10N6OS/c1-5(14)10-7-12-11-6(15-7)3-2-4-9-13-8/h2-4H2,1H3,(H,10,12,14). The van der Waals surface area contributed by atoms with Crippen molar-refractivity contribution in [2.24, 2.45) is 5.11 Å². The molecule has 1 aromatic rings. The van der Waals surface area contributed by atoms with Gasteiger partial charge in [-0.2, -0.15) is 0 Å². The maximum atomic E-state index is 10.7. The number of carbonyl (C=O) groups is 1. The van der Waals surface area contributed by atoms with Crippen molar-refractivity contribution in [3.8, 4) is 0 Å². The van der Waals surface area contributed by atoms with Gasteiger partial charge in [0.2, 0.25) is 11.0 Å². The Morgan fingerprint density at radius 1 is 1.67 bits per heavy atom. The molecule has 0 aliphatic heterocycles. The molecule has 0 saturated carbocycles. The third-order valence-corrected chi connectivity index (χ3v) is 2.36. The third kappa shape index (κ3) is 4.39. The van der Waals surface area contributed by atoms with E-state index in [-0.39, 0.29) is 5.91 Å². The zero-order valence-corrected chi connectivity index (χ0v) is 8.99. The molecule has 0 aliphatic rings. The number of azide groups is 1. The summed E-state index contributed by atoms with van der Waals surface area (Å²) in [6.07, 6.45) is 1.44. The van der Waals surface area contributed by atoms with Crippen molar-refractivity contribution in [3.05, 3.63) is 15.5 Å². The Labute approximate surface area is 90.1 Å². The van der Waals surface area contributed by atoms with Gasteiger partial charge in [-0.15, -0.1) is 10.2 Å². The van der Waals surface area contributed by atoms with E-state index in [2.05, 4.69) is 25.5 Å². The van der Waals surface area contributed by atoms with Crippen LogP contribution in [0.2, 0.25) is 0 Å². The Kier molecular flexibility index (Phi) is 4.52. The first kappa shape index (κ1) is 11.4. The lowest BCUT2D eigenvalue weighted by Crippen LogP contribution is -2.04. The summed E-state index contributed by atoms with van der Waals surface area (Å²) in [7, 11) is 0. The van der Waals surface area contributed by atoms with E-state index in [0.29, 0.717) is 18.1 Å². The normalized spacial score (nSPS) is 9.40. The van der Waals surface area contributed by atoms with Crippen LogP contribution in [-0.4, -0.2) is 22.6 Å². The zero-order valence-electron chi connectivity index (χ0n) is 8.17. The van der Waals surface area contributed by atoms with Crippen LogP contribution in [0.25, 0.3) is 10.4 Å². The van der Waals surface area contributed by atoms with Gasteiger partial charge in [-0.25, -0.2) is 0 Å². The van der Waals surface area contributed by atoms with Crippen LogP contribution >= 0.6 is 11.3 Å². The van der Waals surface area contributed by atoms with Gasteiger partial charge in [-0.1, -0.05) is 16.5 Å². The van der Waals surface area contributed by atoms with Crippen molar-refractivity contribution >= 4 is 22.4 Å². The Morgan fingerprint density at radius 2 is 2.47 bits per heavy atom. The van der Waals surface area contributed by atoms with Crippen LogP contribution in [0, 0.1) is 0 Å². The minimum atomic E-state index is -0.160. The van der Waals surface area contributed by atoms with Gasteiger partial charge in [0, 0.05) is 24.8 Å². The second-order valence-electron chi connectivity index (χ2n) is 2.74. The SMILES string of the molecule is CC(=O)Nc1nnc(CCCN=[N+]=[N-])s1. The fourth-order valence-corrected chi connectivity index (χ4v) is 1.73. The Morgan fingerprint density at radius 3 is 3.13 bits per heavy atom. The predicted molar refractivity (Wildman–Crippen MR) is 56.5 cm³/mol. The summed E-state index contributed by atoms with van der Waals surface area (Å²) in [5, 5.41) is 15.0. The van der Waals surface area contributed by atoms with Crippen molar-refractivity contribution in [1.82, 2.24) is 10.2 Å². The summed E-state index contributed by atoms with van der Waals surface area (Å²) >= 11 is 1.33. The molecule has 7 nitrogen and oxygen atoms in total. The number of aromatic nitrogens is 2. The highest BCUT2D eigenvalue weighted by molar-refractivity contribution is 7.15. The predicted octanol–water partition coefficient (Wildman–Crippen LogP) is 1.74. The molecule has 1 heterocycles. The quantitative estimate of drug-likeness (QED) is 0.358. The zero-order chi connectivity index (χ0) is 11.1. The molecule has 0 radical (unpaired) electrons. The molecule has 8 heteroatoms. The maximum Gasteiger partial charge on any atom is 0.223 e. The van der Waals surface area contributed by atoms with Crippen molar-refractivity contribution in [1.29, 1.82) is 0 Å². The van der Waals surface area contributed by atoms with Gasteiger partial charge in [-0.3, -0.25) is 4.79 Å². The summed E-state index contributed by atoms with van der Waals surface area (Å²) in [6, 6.07) is 0.